The second kappa shape index (κ2) is 6.46. The van der Waals surface area contributed by atoms with Gasteiger partial charge in [0.15, 0.2) is 11.5 Å². The van der Waals surface area contributed by atoms with Crippen LogP contribution in [0.2, 0.25) is 0 Å². The lowest BCUT2D eigenvalue weighted by molar-refractivity contribution is 0.499. The SMILES string of the molecule is Fc1ccc(-c2cn[nH]c2C2CCCN(c3ncnc4nc[nH]c34)C2)cc1. The van der Waals surface area contributed by atoms with Gasteiger partial charge in [-0.25, -0.2) is 19.3 Å². The first-order valence-electron chi connectivity index (χ1n) is 8.98. The van der Waals surface area contributed by atoms with Gasteiger partial charge in [-0.3, -0.25) is 5.10 Å². The molecule has 0 radical (unpaired) electrons. The number of imidazole rings is 1. The van der Waals surface area contributed by atoms with E-state index in [1.807, 2.05) is 6.20 Å². The summed E-state index contributed by atoms with van der Waals surface area (Å²) >= 11 is 0. The van der Waals surface area contributed by atoms with Crippen molar-refractivity contribution in [2.75, 3.05) is 18.0 Å². The number of aromatic amines is 2. The van der Waals surface area contributed by atoms with Crippen LogP contribution in [0.5, 0.6) is 0 Å². The molecule has 8 heteroatoms. The molecule has 1 unspecified atom stereocenters. The summed E-state index contributed by atoms with van der Waals surface area (Å²) in [5.74, 6) is 0.930. The lowest BCUT2D eigenvalue weighted by Gasteiger charge is -2.33. The van der Waals surface area contributed by atoms with E-state index in [2.05, 4.69) is 35.0 Å². The Balaban J connectivity index is 1.46. The highest BCUT2D eigenvalue weighted by Gasteiger charge is 2.27. The van der Waals surface area contributed by atoms with Gasteiger partial charge in [-0.05, 0) is 30.5 Å². The smallest absolute Gasteiger partial charge is 0.182 e. The number of hydrogen-bond acceptors (Lipinski definition) is 5. The highest BCUT2D eigenvalue weighted by atomic mass is 19.1. The van der Waals surface area contributed by atoms with Gasteiger partial charge in [-0.1, -0.05) is 12.1 Å². The minimum Gasteiger partial charge on any atom is -0.354 e. The van der Waals surface area contributed by atoms with E-state index in [1.165, 1.54) is 12.1 Å². The predicted molar refractivity (Wildman–Crippen MR) is 99.9 cm³/mol. The van der Waals surface area contributed by atoms with E-state index in [1.54, 1.807) is 24.8 Å². The van der Waals surface area contributed by atoms with Crippen LogP contribution in [0.3, 0.4) is 0 Å². The van der Waals surface area contributed by atoms with Crippen molar-refractivity contribution >= 4 is 17.0 Å². The summed E-state index contributed by atoms with van der Waals surface area (Å²) in [7, 11) is 0. The van der Waals surface area contributed by atoms with Crippen LogP contribution < -0.4 is 4.90 Å². The molecule has 4 aromatic rings. The van der Waals surface area contributed by atoms with Gasteiger partial charge in [0.25, 0.3) is 0 Å². The van der Waals surface area contributed by atoms with Crippen LogP contribution in [0.1, 0.15) is 24.5 Å². The maximum atomic E-state index is 13.3. The van der Waals surface area contributed by atoms with Gasteiger partial charge in [0, 0.05) is 30.3 Å². The van der Waals surface area contributed by atoms with Crippen molar-refractivity contribution in [3.63, 3.8) is 0 Å². The molecule has 0 amide bonds. The van der Waals surface area contributed by atoms with Crippen molar-refractivity contribution in [3.8, 4) is 11.1 Å². The zero-order valence-corrected chi connectivity index (χ0v) is 14.6. The van der Waals surface area contributed by atoms with E-state index in [4.69, 9.17) is 0 Å². The molecule has 0 bridgehead atoms. The Morgan fingerprint density at radius 3 is 2.89 bits per heavy atom. The number of rotatable bonds is 3. The van der Waals surface area contributed by atoms with Crippen LogP contribution >= 0.6 is 0 Å². The molecule has 2 N–H and O–H groups in total. The second-order valence-electron chi connectivity index (χ2n) is 6.79. The highest BCUT2D eigenvalue weighted by molar-refractivity contribution is 5.82. The maximum absolute atomic E-state index is 13.3. The first kappa shape index (κ1) is 15.9. The second-order valence-corrected chi connectivity index (χ2v) is 6.79. The molecule has 136 valence electrons. The number of fused-ring (bicyclic) bond motifs is 1. The Hall–Kier alpha value is -3.29. The van der Waals surface area contributed by atoms with Crippen LogP contribution in [0.25, 0.3) is 22.3 Å². The normalized spacial score (nSPS) is 17.5. The Kier molecular flexibility index (Phi) is 3.81. The summed E-state index contributed by atoms with van der Waals surface area (Å²) in [6, 6.07) is 6.55. The summed E-state index contributed by atoms with van der Waals surface area (Å²) < 4.78 is 13.3. The number of H-pyrrole nitrogens is 2. The Morgan fingerprint density at radius 2 is 2.00 bits per heavy atom. The number of nitrogens with one attached hydrogen (secondary N) is 2. The van der Waals surface area contributed by atoms with Gasteiger partial charge >= 0.3 is 0 Å². The van der Waals surface area contributed by atoms with Gasteiger partial charge in [-0.15, -0.1) is 0 Å². The molecule has 1 aliphatic heterocycles. The van der Waals surface area contributed by atoms with Crippen molar-refractivity contribution in [1.82, 2.24) is 30.1 Å². The molecule has 7 nitrogen and oxygen atoms in total. The largest absolute Gasteiger partial charge is 0.354 e. The Bertz CT molecular complexity index is 1070. The third-order valence-corrected chi connectivity index (χ3v) is 5.16. The molecule has 0 spiro atoms. The number of nitrogens with zero attached hydrogens (tertiary/aromatic N) is 5. The lowest BCUT2D eigenvalue weighted by Crippen LogP contribution is -2.35. The monoisotopic (exact) mass is 363 g/mol. The molecule has 27 heavy (non-hydrogen) atoms. The average molecular weight is 363 g/mol. The van der Waals surface area contributed by atoms with Crippen molar-refractivity contribution in [2.45, 2.75) is 18.8 Å². The van der Waals surface area contributed by atoms with Crippen LogP contribution in [0.15, 0.2) is 43.1 Å². The first-order chi connectivity index (χ1) is 13.3. The van der Waals surface area contributed by atoms with Crippen molar-refractivity contribution < 1.29 is 4.39 Å². The number of benzene rings is 1. The lowest BCUT2D eigenvalue weighted by atomic mass is 9.90. The molecule has 1 aromatic carbocycles. The van der Waals surface area contributed by atoms with Crippen LogP contribution in [-0.4, -0.2) is 43.2 Å². The Labute approximate surface area is 154 Å². The van der Waals surface area contributed by atoms with Gasteiger partial charge in [0.05, 0.1) is 12.5 Å². The molecule has 0 saturated carbocycles. The van der Waals surface area contributed by atoms with E-state index >= 15 is 0 Å². The molecule has 1 aliphatic rings. The summed E-state index contributed by atoms with van der Waals surface area (Å²) in [4.78, 5) is 18.3. The van der Waals surface area contributed by atoms with E-state index in [9.17, 15) is 4.39 Å². The first-order valence-corrected chi connectivity index (χ1v) is 8.98. The minimum absolute atomic E-state index is 0.236. The number of piperidine rings is 1. The number of aromatic nitrogens is 6. The average Bonchev–Trinajstić information content (AvgIpc) is 3.38. The van der Waals surface area contributed by atoms with Gasteiger partial charge in [0.2, 0.25) is 0 Å². The van der Waals surface area contributed by atoms with E-state index in [-0.39, 0.29) is 11.7 Å². The highest BCUT2D eigenvalue weighted by Crippen LogP contribution is 2.35. The molecular formula is C19H18FN7. The van der Waals surface area contributed by atoms with Crippen LogP contribution in [-0.2, 0) is 0 Å². The summed E-state index contributed by atoms with van der Waals surface area (Å²) in [5.41, 5.74) is 4.62. The number of hydrogen-bond donors (Lipinski definition) is 2. The fraction of sp³-hybridized carbons (Fsp3) is 0.263. The third-order valence-electron chi connectivity index (χ3n) is 5.16. The molecule has 5 rings (SSSR count). The zero-order chi connectivity index (χ0) is 18.2. The van der Waals surface area contributed by atoms with Crippen LogP contribution in [0.4, 0.5) is 10.2 Å². The summed E-state index contributed by atoms with van der Waals surface area (Å²) in [5, 5.41) is 7.43. The van der Waals surface area contributed by atoms with Crippen molar-refractivity contribution in [3.05, 3.63) is 54.6 Å². The maximum Gasteiger partial charge on any atom is 0.182 e. The van der Waals surface area contributed by atoms with Crippen molar-refractivity contribution in [1.29, 1.82) is 0 Å². The fourth-order valence-corrected chi connectivity index (χ4v) is 3.86. The molecule has 1 saturated heterocycles. The van der Waals surface area contributed by atoms with E-state index < -0.39 is 0 Å². The standard InChI is InChI=1S/C19H18FN7/c20-14-5-3-12(4-6-14)15-8-25-26-16(15)13-2-1-7-27(9-13)19-17-18(22-10-21-17)23-11-24-19/h3-6,8,10-11,13H,1-2,7,9H2,(H,25,26)(H,21,22,23,24). The predicted octanol–water partition coefficient (Wildman–Crippen LogP) is 3.27. The van der Waals surface area contributed by atoms with Crippen molar-refractivity contribution in [2.24, 2.45) is 0 Å². The van der Waals surface area contributed by atoms with E-state index in [0.29, 0.717) is 5.65 Å². The van der Waals surface area contributed by atoms with Gasteiger partial charge in [-0.2, -0.15) is 5.10 Å². The molecule has 1 atom stereocenters. The summed E-state index contributed by atoms with van der Waals surface area (Å²) in [6.45, 7) is 1.75. The van der Waals surface area contributed by atoms with Gasteiger partial charge < -0.3 is 9.88 Å². The molecule has 1 fully saturated rings. The quantitative estimate of drug-likeness (QED) is 0.583. The Morgan fingerprint density at radius 1 is 1.11 bits per heavy atom. The van der Waals surface area contributed by atoms with E-state index in [0.717, 1.165) is 54.1 Å². The van der Waals surface area contributed by atoms with Crippen LogP contribution in [0, 0.1) is 5.82 Å². The number of anilines is 1. The fourth-order valence-electron chi connectivity index (χ4n) is 3.86. The third kappa shape index (κ3) is 2.83. The molecule has 0 aliphatic carbocycles. The molecule has 3 aromatic heterocycles. The topological polar surface area (TPSA) is 86.4 Å². The number of halogens is 1. The summed E-state index contributed by atoms with van der Waals surface area (Å²) in [6.07, 6.45) is 7.13. The van der Waals surface area contributed by atoms with Gasteiger partial charge in [0.1, 0.15) is 17.7 Å². The minimum atomic E-state index is -0.236. The molecular weight excluding hydrogens is 345 g/mol. The molecule has 4 heterocycles. The zero-order valence-electron chi connectivity index (χ0n) is 14.6.